The lowest BCUT2D eigenvalue weighted by atomic mass is 9.86. The Bertz CT molecular complexity index is 997. The third-order valence-electron chi connectivity index (χ3n) is 6.53. The molecule has 1 heterocycles. The Morgan fingerprint density at radius 3 is 2.36 bits per heavy atom. The first-order valence-corrected chi connectivity index (χ1v) is 11.2. The quantitative estimate of drug-likeness (QED) is 0.436. The van der Waals surface area contributed by atoms with Crippen LogP contribution in [0.5, 0.6) is 5.75 Å². The Morgan fingerprint density at radius 1 is 1.03 bits per heavy atom. The highest BCUT2D eigenvalue weighted by Gasteiger charge is 2.53. The number of nitrogens with zero attached hydrogens (tertiary/aromatic N) is 1. The lowest BCUT2D eigenvalue weighted by molar-refractivity contribution is -0.357. The zero-order chi connectivity index (χ0) is 23.6. The molecule has 8 heteroatoms. The molecule has 5 N–H and O–H groups in total. The van der Waals surface area contributed by atoms with Crippen LogP contribution in [-0.4, -0.2) is 62.7 Å². The van der Waals surface area contributed by atoms with Crippen molar-refractivity contribution in [2.24, 2.45) is 0 Å². The highest BCUT2D eigenvalue weighted by Crippen LogP contribution is 2.37. The molecule has 0 radical (unpaired) electrons. The summed E-state index contributed by atoms with van der Waals surface area (Å²) in [6.45, 7) is -0.661. The predicted molar refractivity (Wildman–Crippen MR) is 117 cm³/mol. The van der Waals surface area contributed by atoms with E-state index in [0.29, 0.717) is 17.5 Å². The van der Waals surface area contributed by atoms with Crippen molar-refractivity contribution in [2.45, 2.75) is 68.4 Å². The van der Waals surface area contributed by atoms with E-state index in [2.05, 4.69) is 6.07 Å². The minimum atomic E-state index is -2.37. The smallest absolute Gasteiger partial charge is 0.222 e. The van der Waals surface area contributed by atoms with Crippen molar-refractivity contribution in [2.75, 3.05) is 6.61 Å². The monoisotopic (exact) mass is 455 g/mol. The zero-order valence-corrected chi connectivity index (χ0v) is 18.2. The van der Waals surface area contributed by atoms with E-state index in [1.54, 1.807) is 0 Å². The van der Waals surface area contributed by atoms with Crippen LogP contribution in [0, 0.1) is 11.3 Å². The van der Waals surface area contributed by atoms with Crippen molar-refractivity contribution in [3.63, 3.8) is 0 Å². The van der Waals surface area contributed by atoms with E-state index in [1.807, 2.05) is 24.3 Å². The number of hydrogen-bond donors (Lipinski definition) is 5. The molecular formula is C25H29NO7. The van der Waals surface area contributed by atoms with E-state index in [1.165, 1.54) is 31.0 Å². The number of aliphatic hydroxyl groups excluding tert-OH is 4. The van der Waals surface area contributed by atoms with Crippen molar-refractivity contribution in [1.29, 1.82) is 5.26 Å². The average molecular weight is 456 g/mol. The topological polar surface area (TPSA) is 143 Å². The predicted octanol–water partition coefficient (Wildman–Crippen LogP) is 1.09. The van der Waals surface area contributed by atoms with Crippen LogP contribution in [0.15, 0.2) is 42.5 Å². The second kappa shape index (κ2) is 9.77. The number of nitriles is 1. The van der Waals surface area contributed by atoms with E-state index in [9.17, 15) is 30.8 Å². The van der Waals surface area contributed by atoms with Crippen molar-refractivity contribution in [1.82, 2.24) is 0 Å². The van der Waals surface area contributed by atoms with Gasteiger partial charge in [0, 0.05) is 5.56 Å². The number of hydrogen-bond acceptors (Lipinski definition) is 8. The molecule has 2 aliphatic rings. The lowest BCUT2D eigenvalue weighted by Crippen LogP contribution is -2.63. The van der Waals surface area contributed by atoms with E-state index in [-0.39, 0.29) is 11.7 Å². The summed E-state index contributed by atoms with van der Waals surface area (Å²) in [7, 11) is 0. The molecule has 0 unspecified atom stereocenters. The molecule has 2 fully saturated rings. The van der Waals surface area contributed by atoms with Crippen LogP contribution in [0.1, 0.15) is 47.9 Å². The molecule has 1 aliphatic heterocycles. The van der Waals surface area contributed by atoms with Crippen LogP contribution in [0.3, 0.4) is 0 Å². The third-order valence-corrected chi connectivity index (χ3v) is 6.53. The Balaban J connectivity index is 1.57. The van der Waals surface area contributed by atoms with Gasteiger partial charge in [-0.25, -0.2) is 0 Å². The van der Waals surface area contributed by atoms with Crippen molar-refractivity contribution < 1.29 is 35.0 Å². The summed E-state index contributed by atoms with van der Waals surface area (Å²) in [5.74, 6) is -1.57. The van der Waals surface area contributed by atoms with Gasteiger partial charge in [-0.1, -0.05) is 18.2 Å². The lowest BCUT2D eigenvalue weighted by Gasteiger charge is -2.45. The number of rotatable bonds is 6. The molecule has 5 atom stereocenters. The Morgan fingerprint density at radius 2 is 1.73 bits per heavy atom. The van der Waals surface area contributed by atoms with Crippen LogP contribution >= 0.6 is 0 Å². The summed E-state index contributed by atoms with van der Waals surface area (Å²) in [5.41, 5.74) is 2.00. The Kier molecular flexibility index (Phi) is 7.00. The standard InChI is InChI=1S/C25H29NO7/c26-13-16-7-8-18(25(31)24(30)23(29)22(28)21(14-27)33-25)12-17(16)11-15-5-9-20(10-6-15)32-19-3-1-2-4-19/h5-10,12,19,21-24,27-31H,1-4,11,14H2/t21-,22-,23+,24-,25+/m1/s1. The van der Waals surface area contributed by atoms with Crippen molar-refractivity contribution in [3.05, 3.63) is 64.7 Å². The molecule has 0 amide bonds. The van der Waals surface area contributed by atoms with Gasteiger partial charge in [0.2, 0.25) is 5.79 Å². The molecular weight excluding hydrogens is 426 g/mol. The second-order valence-corrected chi connectivity index (χ2v) is 8.79. The molecule has 2 aromatic rings. The first kappa shape index (κ1) is 23.6. The molecule has 176 valence electrons. The van der Waals surface area contributed by atoms with Crippen molar-refractivity contribution >= 4 is 0 Å². The third kappa shape index (κ3) is 4.75. The summed E-state index contributed by atoms with van der Waals surface area (Å²) < 4.78 is 11.4. The van der Waals surface area contributed by atoms with Gasteiger partial charge in [0.25, 0.3) is 0 Å². The molecule has 33 heavy (non-hydrogen) atoms. The summed E-state index contributed by atoms with van der Waals surface area (Å²) in [6.07, 6.45) is -1.28. The number of benzene rings is 2. The summed E-state index contributed by atoms with van der Waals surface area (Å²) in [5, 5.41) is 60.7. The zero-order valence-electron chi connectivity index (χ0n) is 18.2. The fourth-order valence-electron chi connectivity index (χ4n) is 4.57. The van der Waals surface area contributed by atoms with Crippen LogP contribution in [0.4, 0.5) is 0 Å². The van der Waals surface area contributed by atoms with Crippen LogP contribution in [0.25, 0.3) is 0 Å². The maximum atomic E-state index is 11.1. The number of ether oxygens (including phenoxy) is 2. The van der Waals surface area contributed by atoms with Gasteiger partial charge in [-0.2, -0.15) is 5.26 Å². The highest BCUT2D eigenvalue weighted by molar-refractivity contribution is 5.45. The van der Waals surface area contributed by atoms with Gasteiger partial charge in [0.15, 0.2) is 0 Å². The maximum absolute atomic E-state index is 11.1. The minimum Gasteiger partial charge on any atom is -0.490 e. The van der Waals surface area contributed by atoms with Gasteiger partial charge >= 0.3 is 0 Å². The van der Waals surface area contributed by atoms with Gasteiger partial charge in [-0.05, 0) is 67.5 Å². The van der Waals surface area contributed by atoms with E-state index in [4.69, 9.17) is 9.47 Å². The normalized spacial score (nSPS) is 30.2. The van der Waals surface area contributed by atoms with E-state index >= 15 is 0 Å². The Hall–Kier alpha value is -2.51. The maximum Gasteiger partial charge on any atom is 0.222 e. The molecule has 8 nitrogen and oxygen atoms in total. The van der Waals surface area contributed by atoms with Crippen LogP contribution < -0.4 is 4.74 Å². The molecule has 2 aromatic carbocycles. The first-order chi connectivity index (χ1) is 15.9. The van der Waals surface area contributed by atoms with Gasteiger partial charge in [-0.3, -0.25) is 0 Å². The fraction of sp³-hybridized carbons (Fsp3) is 0.480. The summed E-state index contributed by atoms with van der Waals surface area (Å²) in [6, 6.07) is 14.2. The van der Waals surface area contributed by atoms with Crippen molar-refractivity contribution in [3.8, 4) is 11.8 Å². The molecule has 4 rings (SSSR count). The fourth-order valence-corrected chi connectivity index (χ4v) is 4.57. The van der Waals surface area contributed by atoms with Crippen LogP contribution in [0.2, 0.25) is 0 Å². The SMILES string of the molecule is N#Cc1ccc([C@]2(O)O[C@H](CO)[C@@H](O)[C@H](O)[C@H]2O)cc1Cc1ccc(OC2CCCC2)cc1. The van der Waals surface area contributed by atoms with Crippen LogP contribution in [-0.2, 0) is 16.9 Å². The van der Waals surface area contributed by atoms with E-state index < -0.39 is 36.8 Å². The average Bonchev–Trinajstić information content (AvgIpc) is 3.34. The molecule has 0 bridgehead atoms. The van der Waals surface area contributed by atoms with E-state index in [0.717, 1.165) is 24.2 Å². The molecule has 0 spiro atoms. The summed E-state index contributed by atoms with van der Waals surface area (Å²) in [4.78, 5) is 0. The van der Waals surface area contributed by atoms with Gasteiger partial charge in [-0.15, -0.1) is 0 Å². The molecule has 1 saturated heterocycles. The molecule has 0 aromatic heterocycles. The first-order valence-electron chi connectivity index (χ1n) is 11.2. The largest absolute Gasteiger partial charge is 0.490 e. The highest BCUT2D eigenvalue weighted by atomic mass is 16.7. The van der Waals surface area contributed by atoms with Gasteiger partial charge in [0.05, 0.1) is 24.3 Å². The number of aliphatic hydroxyl groups is 5. The Labute approximate surface area is 192 Å². The summed E-state index contributed by atoms with van der Waals surface area (Å²) >= 11 is 0. The molecule has 1 aliphatic carbocycles. The second-order valence-electron chi connectivity index (χ2n) is 8.79. The minimum absolute atomic E-state index is 0.106. The van der Waals surface area contributed by atoms with Gasteiger partial charge < -0.3 is 35.0 Å². The van der Waals surface area contributed by atoms with Gasteiger partial charge in [0.1, 0.15) is 30.2 Å². The molecule has 1 saturated carbocycles.